The maximum absolute atomic E-state index is 6.14. The summed E-state index contributed by atoms with van der Waals surface area (Å²) in [5, 5.41) is 1.08. The topological polar surface area (TPSA) is 27.7 Å². The molecule has 3 nitrogen and oxygen atoms in total. The lowest BCUT2D eigenvalue weighted by Gasteiger charge is -2.29. The number of halogens is 1. The predicted octanol–water partition coefficient (Wildman–Crippen LogP) is 4.05. The Morgan fingerprint density at radius 2 is 1.24 bits per heavy atom. The molecule has 0 saturated carbocycles. The fourth-order valence-corrected chi connectivity index (χ4v) is 5.13. The van der Waals surface area contributed by atoms with Crippen LogP contribution >= 0.6 is 22.6 Å². The third-order valence-electron chi connectivity index (χ3n) is 2.95. The van der Waals surface area contributed by atoms with E-state index in [0.717, 1.165) is 28.9 Å². The fraction of sp³-hybridized carbons (Fsp3) is 0.625. The Labute approximate surface area is 143 Å². The number of rotatable bonds is 11. The Balaban J connectivity index is 3.02. The van der Waals surface area contributed by atoms with Gasteiger partial charge in [0, 0.05) is 29.4 Å². The van der Waals surface area contributed by atoms with Crippen molar-refractivity contribution in [1.29, 1.82) is 0 Å². The smallest absolute Gasteiger partial charge is 0.370 e. The van der Waals surface area contributed by atoms with Crippen LogP contribution in [0, 0.1) is 0 Å². The van der Waals surface area contributed by atoms with Crippen LogP contribution in [0.2, 0.25) is 0 Å². The van der Waals surface area contributed by atoms with Gasteiger partial charge in [-0.25, -0.2) is 0 Å². The van der Waals surface area contributed by atoms with Gasteiger partial charge in [-0.3, -0.25) is 0 Å². The van der Waals surface area contributed by atoms with Crippen LogP contribution in [0.5, 0.6) is 0 Å². The van der Waals surface area contributed by atoms with Crippen LogP contribution in [0.25, 0.3) is 0 Å². The molecule has 0 saturated heterocycles. The number of benzene rings is 1. The molecule has 0 aliphatic heterocycles. The summed E-state index contributed by atoms with van der Waals surface area (Å²) in [5.41, 5.74) is 1.31. The van der Waals surface area contributed by atoms with E-state index >= 15 is 0 Å². The molecule has 1 aromatic carbocycles. The first kappa shape index (κ1) is 19.1. The van der Waals surface area contributed by atoms with E-state index in [0.29, 0.717) is 19.8 Å². The van der Waals surface area contributed by atoms with Gasteiger partial charge in [-0.1, -0.05) is 67.6 Å². The van der Waals surface area contributed by atoms with Crippen molar-refractivity contribution in [2.24, 2.45) is 0 Å². The molecule has 0 aliphatic carbocycles. The molecule has 5 heteroatoms. The predicted molar refractivity (Wildman–Crippen MR) is 98.3 cm³/mol. The highest BCUT2D eigenvalue weighted by Crippen LogP contribution is 2.14. The van der Waals surface area contributed by atoms with E-state index in [1.54, 1.807) is 0 Å². The van der Waals surface area contributed by atoms with Gasteiger partial charge in [0.15, 0.2) is 0 Å². The zero-order valence-corrected chi connectivity index (χ0v) is 16.5. The number of alkyl halides is 1. The minimum Gasteiger partial charge on any atom is -0.370 e. The van der Waals surface area contributed by atoms with Crippen LogP contribution in [0.1, 0.15) is 45.6 Å². The van der Waals surface area contributed by atoms with Crippen molar-refractivity contribution in [3.8, 4) is 0 Å². The van der Waals surface area contributed by atoms with Crippen molar-refractivity contribution < 1.29 is 13.3 Å². The van der Waals surface area contributed by atoms with E-state index in [4.69, 9.17) is 13.3 Å². The normalized spacial score (nSPS) is 11.8. The van der Waals surface area contributed by atoms with E-state index in [-0.39, 0.29) is 0 Å². The van der Waals surface area contributed by atoms with Crippen molar-refractivity contribution in [1.82, 2.24) is 0 Å². The van der Waals surface area contributed by atoms with Gasteiger partial charge in [0.05, 0.1) is 0 Å². The molecular weight excluding hydrogens is 395 g/mol. The Hall–Kier alpha value is 0.0469. The highest BCUT2D eigenvalue weighted by atomic mass is 127. The highest BCUT2D eigenvalue weighted by Gasteiger charge is 2.43. The van der Waals surface area contributed by atoms with Crippen LogP contribution in [0.15, 0.2) is 24.3 Å². The second-order valence-corrected chi connectivity index (χ2v) is 8.25. The second-order valence-electron chi connectivity index (χ2n) is 4.93. The van der Waals surface area contributed by atoms with Crippen LogP contribution in [-0.4, -0.2) is 28.6 Å². The van der Waals surface area contributed by atoms with Crippen molar-refractivity contribution in [2.45, 2.75) is 44.5 Å². The fourth-order valence-electron chi connectivity index (χ4n) is 1.88. The Kier molecular flexibility index (Phi) is 9.75. The van der Waals surface area contributed by atoms with Gasteiger partial charge in [-0.2, -0.15) is 0 Å². The van der Waals surface area contributed by atoms with Gasteiger partial charge in [0.1, 0.15) is 0 Å². The molecule has 0 amide bonds. The highest BCUT2D eigenvalue weighted by molar-refractivity contribution is 14.1. The van der Waals surface area contributed by atoms with Crippen molar-refractivity contribution in [3.05, 3.63) is 29.8 Å². The molecule has 0 radical (unpaired) electrons. The molecule has 0 unspecified atom stereocenters. The second kappa shape index (κ2) is 10.7. The van der Waals surface area contributed by atoms with Crippen molar-refractivity contribution in [3.63, 3.8) is 0 Å². The van der Waals surface area contributed by atoms with Gasteiger partial charge < -0.3 is 13.3 Å². The molecule has 0 spiro atoms. The lowest BCUT2D eigenvalue weighted by molar-refractivity contribution is 0.0732. The molecule has 0 bridgehead atoms. The molecule has 120 valence electrons. The van der Waals surface area contributed by atoms with Gasteiger partial charge in [0.2, 0.25) is 0 Å². The summed E-state index contributed by atoms with van der Waals surface area (Å²) < 4.78 is 19.4. The van der Waals surface area contributed by atoms with Crippen LogP contribution in [-0.2, 0) is 17.7 Å². The average Bonchev–Trinajstić information content (AvgIpc) is 2.55. The Bertz CT molecular complexity index is 362. The Morgan fingerprint density at radius 1 is 0.810 bits per heavy atom. The molecule has 0 heterocycles. The molecule has 0 aliphatic rings. The molecule has 0 aromatic heterocycles. The first-order valence-electron chi connectivity index (χ1n) is 7.79. The van der Waals surface area contributed by atoms with Gasteiger partial charge >= 0.3 is 8.80 Å². The lowest BCUT2D eigenvalue weighted by Crippen LogP contribution is -2.57. The maximum atomic E-state index is 6.14. The Morgan fingerprint density at radius 3 is 1.57 bits per heavy atom. The zero-order chi connectivity index (χ0) is 15.6. The summed E-state index contributed by atoms with van der Waals surface area (Å²) >= 11 is 2.37. The van der Waals surface area contributed by atoms with Gasteiger partial charge in [-0.15, -0.1) is 0 Å². The van der Waals surface area contributed by atoms with Crippen LogP contribution < -0.4 is 5.19 Å². The molecule has 1 aromatic rings. The average molecular weight is 422 g/mol. The van der Waals surface area contributed by atoms with Crippen molar-refractivity contribution in [2.75, 3.05) is 19.8 Å². The minimum absolute atomic E-state index is 0.674. The van der Waals surface area contributed by atoms with Crippen LogP contribution in [0.4, 0.5) is 0 Å². The summed E-state index contributed by atoms with van der Waals surface area (Å²) in [7, 11) is -2.77. The number of hydrogen-bond acceptors (Lipinski definition) is 3. The summed E-state index contributed by atoms with van der Waals surface area (Å²) in [6.07, 6.45) is 2.89. The maximum Gasteiger partial charge on any atom is 0.537 e. The lowest BCUT2D eigenvalue weighted by atomic mass is 10.2. The first-order chi connectivity index (χ1) is 10.2. The molecule has 1 rings (SSSR count). The third-order valence-corrected chi connectivity index (χ3v) is 6.62. The molecule has 0 N–H and O–H groups in total. The van der Waals surface area contributed by atoms with Gasteiger partial charge in [0.25, 0.3) is 0 Å². The van der Waals surface area contributed by atoms with Crippen molar-refractivity contribution >= 4 is 36.6 Å². The minimum atomic E-state index is -2.77. The monoisotopic (exact) mass is 422 g/mol. The summed E-state index contributed by atoms with van der Waals surface area (Å²) in [5.74, 6) is 0. The molecular formula is C16H27IO3Si. The molecule has 0 atom stereocenters. The first-order valence-corrected chi connectivity index (χ1v) is 11.0. The molecule has 0 fully saturated rings. The third kappa shape index (κ3) is 5.98. The summed E-state index contributed by atoms with van der Waals surface area (Å²) in [6.45, 7) is 8.35. The zero-order valence-electron chi connectivity index (χ0n) is 13.4. The van der Waals surface area contributed by atoms with E-state index in [2.05, 4.69) is 67.6 Å². The van der Waals surface area contributed by atoms with E-state index in [1.165, 1.54) is 5.56 Å². The van der Waals surface area contributed by atoms with Crippen LogP contribution in [0.3, 0.4) is 0 Å². The molecule has 21 heavy (non-hydrogen) atoms. The van der Waals surface area contributed by atoms with E-state index in [1.807, 2.05) is 0 Å². The van der Waals surface area contributed by atoms with E-state index in [9.17, 15) is 0 Å². The SMILES string of the molecule is CCCO[Si](OCCC)(OCCC)c1ccc(CI)cc1. The quantitative estimate of drug-likeness (QED) is 0.306. The largest absolute Gasteiger partial charge is 0.537 e. The van der Waals surface area contributed by atoms with E-state index < -0.39 is 8.80 Å². The standard InChI is InChI=1S/C16H27IO3Si/c1-4-11-18-21(19-12-5-2,20-13-6-3)16-9-7-15(14-17)8-10-16/h7-10H,4-6,11-14H2,1-3H3. The van der Waals surface area contributed by atoms with Gasteiger partial charge in [-0.05, 0) is 24.8 Å². The summed E-state index contributed by atoms with van der Waals surface area (Å²) in [6, 6.07) is 8.51. The number of hydrogen-bond donors (Lipinski definition) is 0. The summed E-state index contributed by atoms with van der Waals surface area (Å²) in [4.78, 5) is 0.